The van der Waals surface area contributed by atoms with Gasteiger partial charge in [0.05, 0.1) is 22.8 Å². The molecule has 10 nitrogen and oxygen atoms in total. The number of Topliss-reactive ketones (excluding diaryl/α,β-unsaturated/α-hetero) is 2. The van der Waals surface area contributed by atoms with Crippen LogP contribution in [-0.2, 0) is 33.9 Å². The highest BCUT2D eigenvalue weighted by Crippen LogP contribution is 2.76. The van der Waals surface area contributed by atoms with E-state index in [1.54, 1.807) is 13.8 Å². The van der Waals surface area contributed by atoms with Crippen LogP contribution in [0.3, 0.4) is 0 Å². The zero-order chi connectivity index (χ0) is 33.4. The maximum absolute atomic E-state index is 14.3. The average molecular weight is 656 g/mol. The zero-order valence-electron chi connectivity index (χ0n) is 27.3. The van der Waals surface area contributed by atoms with Gasteiger partial charge in [-0.3, -0.25) is 14.4 Å². The van der Waals surface area contributed by atoms with Gasteiger partial charge in [-0.15, -0.1) is 0 Å². The fraction of sp³-hybridized carbons (Fsp3) is 0.686. The molecule has 4 bridgehead atoms. The minimum absolute atomic E-state index is 0.0801. The summed E-state index contributed by atoms with van der Waals surface area (Å²) in [6, 6.07) is 3.70. The molecule has 2 spiro atoms. The molecule has 7 fully saturated rings. The molecule has 4 aliphatic carbocycles. The molecule has 4 saturated carbocycles. The highest BCUT2D eigenvalue weighted by Gasteiger charge is 2.88. The first-order valence-corrected chi connectivity index (χ1v) is 18.0. The van der Waals surface area contributed by atoms with Crippen LogP contribution in [-0.4, -0.2) is 78.2 Å². The Kier molecular flexibility index (Phi) is 7.01. The topological polar surface area (TPSA) is 148 Å². The van der Waals surface area contributed by atoms with Crippen molar-refractivity contribution in [3.05, 3.63) is 41.0 Å². The predicted octanol–water partition coefficient (Wildman–Crippen LogP) is 3.16. The second-order valence-electron chi connectivity index (χ2n) is 15.6. The Hall–Kier alpha value is -2.44. The molecule has 11 heteroatoms. The summed E-state index contributed by atoms with van der Waals surface area (Å²) in [6.07, 6.45) is -0.535. The Labute approximate surface area is 270 Å². The van der Waals surface area contributed by atoms with Gasteiger partial charge in [0.2, 0.25) is 15.8 Å². The van der Waals surface area contributed by atoms with E-state index in [-0.39, 0.29) is 55.2 Å². The van der Waals surface area contributed by atoms with Crippen molar-refractivity contribution in [3.63, 3.8) is 0 Å². The van der Waals surface area contributed by atoms with Crippen molar-refractivity contribution in [1.29, 1.82) is 0 Å². The summed E-state index contributed by atoms with van der Waals surface area (Å²) in [4.78, 5) is 42.5. The Bertz CT molecular complexity index is 1650. The Morgan fingerprint density at radius 3 is 2.33 bits per heavy atom. The standard InChI is InChI=1S/C35H45NO9S/c1-18-15-19(2)26(20(3)16-18)46(42,43)36-13-10-22(11-14-36)31(40)45-30-23-7-8-24-33-17-44-35(41,34(24,30)28(38)21(23)4)29(39)27(33)32(5,6)12-9-25(33)37/h15-16,22-24,27,29-30,39,41H,4,7-14,17H2,1-3,5-6H3/t23-,24-,27+,29-,30+,33+,34-,35-/m0/s1. The number of hydrogen-bond donors (Lipinski definition) is 2. The van der Waals surface area contributed by atoms with E-state index >= 15 is 0 Å². The maximum Gasteiger partial charge on any atom is 0.309 e. The van der Waals surface area contributed by atoms with Gasteiger partial charge in [-0.1, -0.05) is 38.1 Å². The summed E-state index contributed by atoms with van der Waals surface area (Å²) in [7, 11) is -3.79. The van der Waals surface area contributed by atoms with Crippen LogP contribution in [0.25, 0.3) is 0 Å². The average Bonchev–Trinajstić information content (AvgIpc) is 3.09. The summed E-state index contributed by atoms with van der Waals surface area (Å²) in [6.45, 7) is 13.7. The summed E-state index contributed by atoms with van der Waals surface area (Å²) in [5.74, 6) is -6.05. The van der Waals surface area contributed by atoms with E-state index in [2.05, 4.69) is 6.58 Å². The second kappa shape index (κ2) is 10.0. The van der Waals surface area contributed by atoms with Crippen molar-refractivity contribution >= 4 is 27.6 Å². The number of carbonyl (C=O) groups excluding carboxylic acids is 3. The third kappa shape index (κ3) is 3.78. The third-order valence-corrected chi connectivity index (χ3v) is 15.1. The molecule has 0 amide bonds. The molecule has 1 aromatic rings. The molecule has 3 saturated heterocycles. The second-order valence-corrected chi connectivity index (χ2v) is 17.5. The van der Waals surface area contributed by atoms with E-state index in [9.17, 15) is 33.0 Å². The van der Waals surface area contributed by atoms with Crippen molar-refractivity contribution in [1.82, 2.24) is 4.31 Å². The summed E-state index contributed by atoms with van der Waals surface area (Å²) in [5.41, 5.74) is -1.00. The van der Waals surface area contributed by atoms with E-state index in [1.807, 2.05) is 32.9 Å². The van der Waals surface area contributed by atoms with Gasteiger partial charge in [0, 0.05) is 31.3 Å². The first kappa shape index (κ1) is 32.1. The lowest BCUT2D eigenvalue weighted by atomic mass is 9.36. The minimum atomic E-state index is -3.79. The van der Waals surface area contributed by atoms with Crippen LogP contribution >= 0.6 is 0 Å². The van der Waals surface area contributed by atoms with E-state index in [0.29, 0.717) is 30.4 Å². The van der Waals surface area contributed by atoms with Crippen molar-refractivity contribution in [2.75, 3.05) is 19.7 Å². The van der Waals surface area contributed by atoms with Crippen LogP contribution < -0.4 is 0 Å². The Morgan fingerprint density at radius 2 is 1.70 bits per heavy atom. The number of sulfonamides is 1. The number of fused-ring (bicyclic) bond motifs is 2. The van der Waals surface area contributed by atoms with Gasteiger partial charge in [-0.25, -0.2) is 8.42 Å². The van der Waals surface area contributed by atoms with Crippen LogP contribution in [0, 0.1) is 60.7 Å². The van der Waals surface area contributed by atoms with Gasteiger partial charge in [-0.05, 0) is 80.9 Å². The number of nitrogens with zero attached hydrogens (tertiary/aromatic N) is 1. The summed E-state index contributed by atoms with van der Waals surface area (Å²) in [5, 5.41) is 24.3. The number of piperidine rings is 1. The van der Waals surface area contributed by atoms with Crippen LogP contribution in [0.2, 0.25) is 0 Å². The molecule has 0 radical (unpaired) electrons. The first-order chi connectivity index (χ1) is 21.5. The predicted molar refractivity (Wildman–Crippen MR) is 166 cm³/mol. The lowest BCUT2D eigenvalue weighted by molar-refractivity contribution is -0.437. The highest BCUT2D eigenvalue weighted by atomic mass is 32.2. The van der Waals surface area contributed by atoms with Gasteiger partial charge in [0.15, 0.2) is 5.78 Å². The number of ketones is 2. The van der Waals surface area contributed by atoms with Gasteiger partial charge >= 0.3 is 5.97 Å². The monoisotopic (exact) mass is 655 g/mol. The smallest absolute Gasteiger partial charge is 0.309 e. The molecule has 250 valence electrons. The quantitative estimate of drug-likeness (QED) is 0.369. The Morgan fingerprint density at radius 1 is 1.07 bits per heavy atom. The molecular weight excluding hydrogens is 610 g/mol. The number of carbonyl (C=O) groups is 3. The number of ether oxygens (including phenoxy) is 2. The molecule has 7 aliphatic rings. The van der Waals surface area contributed by atoms with Crippen LogP contribution in [0.5, 0.6) is 0 Å². The molecule has 8 rings (SSSR count). The summed E-state index contributed by atoms with van der Waals surface area (Å²) < 4.78 is 41.0. The molecule has 8 atom stereocenters. The van der Waals surface area contributed by atoms with E-state index in [4.69, 9.17) is 9.47 Å². The minimum Gasteiger partial charge on any atom is -0.460 e. The lowest BCUT2D eigenvalue weighted by Crippen LogP contribution is -2.85. The molecule has 0 aromatic heterocycles. The van der Waals surface area contributed by atoms with Crippen molar-refractivity contribution < 1.29 is 42.5 Å². The SMILES string of the molecule is C=C1C(=O)[C@]23[C@H](OC(=O)C4CCN(S(=O)(=O)c5c(C)cc(C)cc5C)CC4)[C@H]1CC[C@H]2[C@@]12CO[C@@]3(O)[C@@H](O)[C@@H]1C(C)(C)CCC2=O. The molecule has 0 unspecified atom stereocenters. The van der Waals surface area contributed by atoms with Crippen molar-refractivity contribution in [2.24, 2.45) is 39.9 Å². The highest BCUT2D eigenvalue weighted by molar-refractivity contribution is 7.89. The number of rotatable bonds is 4. The Balaban J connectivity index is 1.18. The molecule has 2 N–H and O–H groups in total. The molecular formula is C35H45NO9S. The van der Waals surface area contributed by atoms with E-state index in [1.165, 1.54) is 4.31 Å². The van der Waals surface area contributed by atoms with Gasteiger partial charge in [0.25, 0.3) is 0 Å². The van der Waals surface area contributed by atoms with E-state index in [0.717, 1.165) is 5.56 Å². The van der Waals surface area contributed by atoms with Crippen LogP contribution in [0.1, 0.15) is 69.1 Å². The van der Waals surface area contributed by atoms with Crippen molar-refractivity contribution in [2.45, 2.75) is 96.0 Å². The molecule has 3 heterocycles. The number of esters is 1. The zero-order valence-corrected chi connectivity index (χ0v) is 28.1. The number of aryl methyl sites for hydroxylation is 3. The van der Waals surface area contributed by atoms with Gasteiger partial charge in [0.1, 0.15) is 23.4 Å². The summed E-state index contributed by atoms with van der Waals surface area (Å²) >= 11 is 0. The first-order valence-electron chi connectivity index (χ1n) is 16.6. The fourth-order valence-corrected chi connectivity index (χ4v) is 12.9. The van der Waals surface area contributed by atoms with Crippen molar-refractivity contribution in [3.8, 4) is 0 Å². The molecule has 3 aliphatic heterocycles. The van der Waals surface area contributed by atoms with E-state index < -0.39 is 79.7 Å². The third-order valence-electron chi connectivity index (χ3n) is 12.9. The van der Waals surface area contributed by atoms with Gasteiger partial charge < -0.3 is 19.7 Å². The number of hydrogen-bond acceptors (Lipinski definition) is 9. The number of aliphatic hydroxyl groups excluding tert-OH is 1. The van der Waals surface area contributed by atoms with Crippen LogP contribution in [0.15, 0.2) is 29.2 Å². The van der Waals surface area contributed by atoms with Gasteiger partial charge in [-0.2, -0.15) is 4.31 Å². The van der Waals surface area contributed by atoms with Crippen LogP contribution in [0.4, 0.5) is 0 Å². The molecule has 46 heavy (non-hydrogen) atoms. The number of aliphatic hydroxyl groups is 2. The maximum atomic E-state index is 14.3. The normalized spacial score (nSPS) is 40.5. The number of benzene rings is 1. The largest absolute Gasteiger partial charge is 0.460 e. The molecule has 1 aromatic carbocycles. The fourth-order valence-electron chi connectivity index (χ4n) is 11.0. The lowest BCUT2D eigenvalue weighted by Gasteiger charge is -2.73.